The first-order chi connectivity index (χ1) is 9.13. The molecule has 1 aromatic carbocycles. The number of likely N-dealkylation sites (tertiary alicyclic amines) is 1. The summed E-state index contributed by atoms with van der Waals surface area (Å²) < 4.78 is 0. The van der Waals surface area contributed by atoms with Gasteiger partial charge in [0.1, 0.15) is 0 Å². The lowest BCUT2D eigenvalue weighted by atomic mass is 9.97. The maximum Gasteiger partial charge on any atom is 0.0745 e. The van der Waals surface area contributed by atoms with Crippen LogP contribution >= 0.6 is 11.6 Å². The number of anilines is 1. The molecule has 104 valence electrons. The van der Waals surface area contributed by atoms with Crippen molar-refractivity contribution < 1.29 is 5.11 Å². The molecule has 1 aromatic rings. The molecule has 2 fully saturated rings. The van der Waals surface area contributed by atoms with Crippen LogP contribution in [0.4, 0.5) is 5.69 Å². The average Bonchev–Trinajstić information content (AvgIpc) is 3.18. The van der Waals surface area contributed by atoms with E-state index in [4.69, 9.17) is 11.6 Å². The lowest BCUT2D eigenvalue weighted by molar-refractivity contribution is 0.201. The van der Waals surface area contributed by atoms with Gasteiger partial charge in [0, 0.05) is 18.6 Å². The minimum absolute atomic E-state index is 0.145. The number of aliphatic hydroxyl groups excluding tert-OH is 1. The van der Waals surface area contributed by atoms with E-state index in [1.54, 1.807) is 0 Å². The van der Waals surface area contributed by atoms with Gasteiger partial charge >= 0.3 is 0 Å². The fourth-order valence-corrected chi connectivity index (χ4v) is 3.42. The Kier molecular flexibility index (Phi) is 3.46. The first kappa shape index (κ1) is 13.2. The normalized spacial score (nSPS) is 31.6. The molecule has 0 radical (unpaired) electrons. The first-order valence-electron chi connectivity index (χ1n) is 7.03. The molecule has 1 aliphatic heterocycles. The van der Waals surface area contributed by atoms with Gasteiger partial charge in [0.25, 0.3) is 0 Å². The summed E-state index contributed by atoms with van der Waals surface area (Å²) in [5.74, 6) is 0. The van der Waals surface area contributed by atoms with E-state index in [1.165, 1.54) is 12.8 Å². The van der Waals surface area contributed by atoms with Crippen LogP contribution in [-0.2, 0) is 0 Å². The third-order valence-electron chi connectivity index (χ3n) is 4.33. The van der Waals surface area contributed by atoms with E-state index in [2.05, 4.69) is 17.1 Å². The third kappa shape index (κ3) is 2.60. The van der Waals surface area contributed by atoms with Gasteiger partial charge in [-0.3, -0.25) is 4.90 Å². The van der Waals surface area contributed by atoms with Crippen molar-refractivity contribution in [3.63, 3.8) is 0 Å². The Bertz CT molecular complexity index is 463. The molecule has 0 spiro atoms. The van der Waals surface area contributed by atoms with E-state index >= 15 is 0 Å². The minimum atomic E-state index is -0.257. The molecule has 1 aliphatic carbocycles. The maximum absolute atomic E-state index is 9.87. The number of hydrogen-bond acceptors (Lipinski definition) is 3. The van der Waals surface area contributed by atoms with Gasteiger partial charge in [0.05, 0.1) is 22.9 Å². The number of nitrogens with zero attached hydrogens (tertiary/aromatic N) is 1. The second-order valence-electron chi connectivity index (χ2n) is 6.00. The SMILES string of the molecule is CC1CC(CO)(Nc2ccccc2Cl)CN1C1CC1. The van der Waals surface area contributed by atoms with Crippen molar-refractivity contribution in [3.8, 4) is 0 Å². The van der Waals surface area contributed by atoms with Crippen LogP contribution in [0.15, 0.2) is 24.3 Å². The standard InChI is InChI=1S/C15H21ClN2O/c1-11-8-15(10-19,9-18(11)12-6-7-12)17-14-5-3-2-4-13(14)16/h2-5,11-12,17,19H,6-10H2,1H3. The second kappa shape index (κ2) is 4.97. The fraction of sp³-hybridized carbons (Fsp3) is 0.600. The number of para-hydroxylation sites is 1. The van der Waals surface area contributed by atoms with Gasteiger partial charge < -0.3 is 10.4 Å². The van der Waals surface area contributed by atoms with Crippen molar-refractivity contribution in [2.45, 2.75) is 43.8 Å². The number of rotatable bonds is 4. The molecular weight excluding hydrogens is 260 g/mol. The summed E-state index contributed by atoms with van der Waals surface area (Å²) in [6.07, 6.45) is 3.57. The van der Waals surface area contributed by atoms with Crippen molar-refractivity contribution in [2.24, 2.45) is 0 Å². The molecule has 3 nitrogen and oxygen atoms in total. The smallest absolute Gasteiger partial charge is 0.0745 e. The van der Waals surface area contributed by atoms with E-state index in [9.17, 15) is 5.11 Å². The van der Waals surface area contributed by atoms with Gasteiger partial charge in [-0.25, -0.2) is 0 Å². The van der Waals surface area contributed by atoms with E-state index in [-0.39, 0.29) is 12.1 Å². The Labute approximate surface area is 119 Å². The first-order valence-corrected chi connectivity index (χ1v) is 7.41. The van der Waals surface area contributed by atoms with E-state index in [0.717, 1.165) is 24.7 Å². The zero-order valence-electron chi connectivity index (χ0n) is 11.3. The van der Waals surface area contributed by atoms with Crippen molar-refractivity contribution in [1.82, 2.24) is 4.90 Å². The van der Waals surface area contributed by atoms with Gasteiger partial charge in [-0.05, 0) is 38.3 Å². The molecule has 1 saturated heterocycles. The highest BCUT2D eigenvalue weighted by atomic mass is 35.5. The number of benzene rings is 1. The molecule has 2 N–H and O–H groups in total. The molecule has 1 saturated carbocycles. The minimum Gasteiger partial charge on any atom is -0.394 e. The number of aliphatic hydroxyl groups is 1. The average molecular weight is 281 g/mol. The topological polar surface area (TPSA) is 35.5 Å². The summed E-state index contributed by atoms with van der Waals surface area (Å²) in [5.41, 5.74) is 0.663. The molecule has 2 atom stereocenters. The molecule has 0 amide bonds. The quantitative estimate of drug-likeness (QED) is 0.890. The molecular formula is C15H21ClN2O. The van der Waals surface area contributed by atoms with Gasteiger partial charge in [0.15, 0.2) is 0 Å². The van der Waals surface area contributed by atoms with Crippen molar-refractivity contribution in [1.29, 1.82) is 0 Å². The zero-order valence-corrected chi connectivity index (χ0v) is 12.0. The Morgan fingerprint density at radius 2 is 2.16 bits per heavy atom. The number of hydrogen-bond donors (Lipinski definition) is 2. The molecule has 0 aromatic heterocycles. The van der Waals surface area contributed by atoms with Crippen LogP contribution in [0.25, 0.3) is 0 Å². The monoisotopic (exact) mass is 280 g/mol. The molecule has 4 heteroatoms. The highest BCUT2D eigenvalue weighted by Crippen LogP contribution is 2.39. The van der Waals surface area contributed by atoms with Crippen molar-refractivity contribution in [2.75, 3.05) is 18.5 Å². The van der Waals surface area contributed by atoms with Crippen LogP contribution in [0.2, 0.25) is 5.02 Å². The fourth-order valence-electron chi connectivity index (χ4n) is 3.24. The van der Waals surface area contributed by atoms with Crippen LogP contribution < -0.4 is 5.32 Å². The van der Waals surface area contributed by atoms with Gasteiger partial charge in [-0.2, -0.15) is 0 Å². The Hall–Kier alpha value is -0.770. The van der Waals surface area contributed by atoms with Crippen LogP contribution in [0.1, 0.15) is 26.2 Å². The Morgan fingerprint density at radius 3 is 2.79 bits per heavy atom. The highest BCUT2D eigenvalue weighted by Gasteiger charge is 2.46. The van der Waals surface area contributed by atoms with Crippen LogP contribution in [0.5, 0.6) is 0 Å². The third-order valence-corrected chi connectivity index (χ3v) is 4.66. The molecule has 0 bridgehead atoms. The maximum atomic E-state index is 9.87. The second-order valence-corrected chi connectivity index (χ2v) is 6.41. The van der Waals surface area contributed by atoms with Crippen LogP contribution in [0.3, 0.4) is 0 Å². The molecule has 1 heterocycles. The number of nitrogens with one attached hydrogen (secondary N) is 1. The van der Waals surface area contributed by atoms with Gasteiger partial charge in [-0.1, -0.05) is 23.7 Å². The summed E-state index contributed by atoms with van der Waals surface area (Å²) in [6.45, 7) is 3.30. The predicted molar refractivity (Wildman–Crippen MR) is 78.7 cm³/mol. The summed E-state index contributed by atoms with van der Waals surface area (Å²) in [7, 11) is 0. The predicted octanol–water partition coefficient (Wildman–Crippen LogP) is 2.74. The summed E-state index contributed by atoms with van der Waals surface area (Å²) >= 11 is 6.21. The van der Waals surface area contributed by atoms with Crippen molar-refractivity contribution in [3.05, 3.63) is 29.3 Å². The summed E-state index contributed by atoms with van der Waals surface area (Å²) in [6, 6.07) is 9.01. The van der Waals surface area contributed by atoms with Gasteiger partial charge in [-0.15, -0.1) is 0 Å². The largest absolute Gasteiger partial charge is 0.394 e. The summed E-state index contributed by atoms with van der Waals surface area (Å²) in [5, 5.41) is 14.1. The lowest BCUT2D eigenvalue weighted by Crippen LogP contribution is -2.45. The Balaban J connectivity index is 1.79. The molecule has 2 unspecified atom stereocenters. The van der Waals surface area contributed by atoms with E-state index < -0.39 is 0 Å². The molecule has 2 aliphatic rings. The van der Waals surface area contributed by atoms with Crippen LogP contribution in [0, 0.1) is 0 Å². The summed E-state index contributed by atoms with van der Waals surface area (Å²) in [4.78, 5) is 2.53. The van der Waals surface area contributed by atoms with Crippen LogP contribution in [-0.4, -0.2) is 40.8 Å². The van der Waals surface area contributed by atoms with E-state index in [0.29, 0.717) is 11.1 Å². The zero-order chi connectivity index (χ0) is 13.5. The van der Waals surface area contributed by atoms with Gasteiger partial charge in [0.2, 0.25) is 0 Å². The Morgan fingerprint density at radius 1 is 1.42 bits per heavy atom. The van der Waals surface area contributed by atoms with Crippen molar-refractivity contribution >= 4 is 17.3 Å². The molecule has 19 heavy (non-hydrogen) atoms. The highest BCUT2D eigenvalue weighted by molar-refractivity contribution is 6.33. The van der Waals surface area contributed by atoms with E-state index in [1.807, 2.05) is 24.3 Å². The molecule has 3 rings (SSSR count). The number of halogens is 1. The lowest BCUT2D eigenvalue weighted by Gasteiger charge is -2.30.